The molecule has 1 aromatic rings. The van der Waals surface area contributed by atoms with Crippen LogP contribution in [0.4, 0.5) is 0 Å². The maximum Gasteiger partial charge on any atom is 0.160 e. The first-order chi connectivity index (χ1) is 6.75. The van der Waals surface area contributed by atoms with E-state index in [2.05, 4.69) is 10.4 Å². The zero-order valence-corrected chi connectivity index (χ0v) is 8.79. The van der Waals surface area contributed by atoms with Crippen molar-refractivity contribution in [3.05, 3.63) is 11.9 Å². The van der Waals surface area contributed by atoms with Crippen molar-refractivity contribution in [1.29, 1.82) is 0 Å². The molecule has 0 amide bonds. The molecular formula is C10H17N3O. The highest BCUT2D eigenvalue weighted by molar-refractivity contribution is 5.23. The monoisotopic (exact) mass is 195 g/mol. The summed E-state index contributed by atoms with van der Waals surface area (Å²) in [6.45, 7) is 4.10. The fraction of sp³-hybridized carbons (Fsp3) is 0.700. The van der Waals surface area contributed by atoms with Gasteiger partial charge in [0.25, 0.3) is 0 Å². The minimum Gasteiger partial charge on any atom is -0.487 e. The summed E-state index contributed by atoms with van der Waals surface area (Å²) in [5, 5.41) is 7.57. The van der Waals surface area contributed by atoms with Gasteiger partial charge in [-0.3, -0.25) is 4.68 Å². The Morgan fingerprint density at radius 1 is 1.50 bits per heavy atom. The Balaban J connectivity index is 1.98. The number of rotatable bonds is 2. The van der Waals surface area contributed by atoms with Gasteiger partial charge in [-0.2, -0.15) is 5.10 Å². The molecule has 0 unspecified atom stereocenters. The Bertz CT molecular complexity index is 302. The molecule has 1 N–H and O–H groups in total. The van der Waals surface area contributed by atoms with E-state index in [9.17, 15) is 0 Å². The van der Waals surface area contributed by atoms with Crippen molar-refractivity contribution in [3.8, 4) is 5.75 Å². The van der Waals surface area contributed by atoms with Crippen LogP contribution in [0.1, 0.15) is 18.5 Å². The zero-order valence-electron chi connectivity index (χ0n) is 8.79. The van der Waals surface area contributed by atoms with Crippen molar-refractivity contribution in [2.75, 3.05) is 13.1 Å². The van der Waals surface area contributed by atoms with Gasteiger partial charge in [0.2, 0.25) is 0 Å². The number of ether oxygens (including phenoxy) is 1. The normalized spacial score (nSPS) is 18.4. The SMILES string of the molecule is Cc1nn(C)cc1OC1CCNCC1. The molecule has 4 nitrogen and oxygen atoms in total. The van der Waals surface area contributed by atoms with E-state index < -0.39 is 0 Å². The van der Waals surface area contributed by atoms with Crippen molar-refractivity contribution < 1.29 is 4.74 Å². The molecule has 1 saturated heterocycles. The summed E-state index contributed by atoms with van der Waals surface area (Å²) in [4.78, 5) is 0. The summed E-state index contributed by atoms with van der Waals surface area (Å²) in [6, 6.07) is 0. The number of aromatic nitrogens is 2. The van der Waals surface area contributed by atoms with Crippen LogP contribution in [0.5, 0.6) is 5.75 Å². The predicted octanol–water partition coefficient (Wildman–Crippen LogP) is 0.859. The summed E-state index contributed by atoms with van der Waals surface area (Å²) in [6.07, 6.45) is 4.49. The van der Waals surface area contributed by atoms with Crippen LogP contribution in [-0.2, 0) is 7.05 Å². The molecule has 0 spiro atoms. The third-order valence-corrected chi connectivity index (χ3v) is 2.55. The summed E-state index contributed by atoms with van der Waals surface area (Å²) < 4.78 is 7.68. The van der Waals surface area contributed by atoms with E-state index in [-0.39, 0.29) is 0 Å². The Morgan fingerprint density at radius 3 is 2.79 bits per heavy atom. The first-order valence-corrected chi connectivity index (χ1v) is 5.13. The summed E-state index contributed by atoms with van der Waals surface area (Å²) in [7, 11) is 1.92. The number of piperidine rings is 1. The lowest BCUT2D eigenvalue weighted by Crippen LogP contribution is -2.34. The van der Waals surface area contributed by atoms with Gasteiger partial charge in [-0.1, -0.05) is 0 Å². The molecule has 2 rings (SSSR count). The van der Waals surface area contributed by atoms with Gasteiger partial charge in [-0.25, -0.2) is 0 Å². The van der Waals surface area contributed by atoms with Gasteiger partial charge in [-0.15, -0.1) is 0 Å². The summed E-state index contributed by atoms with van der Waals surface area (Å²) in [5.41, 5.74) is 0.978. The average molecular weight is 195 g/mol. The van der Waals surface area contributed by atoms with Gasteiger partial charge in [0, 0.05) is 7.05 Å². The number of hydrogen-bond donors (Lipinski definition) is 1. The molecule has 1 fully saturated rings. The molecule has 0 atom stereocenters. The fourth-order valence-corrected chi connectivity index (χ4v) is 1.79. The van der Waals surface area contributed by atoms with Gasteiger partial charge >= 0.3 is 0 Å². The first kappa shape index (κ1) is 9.52. The van der Waals surface area contributed by atoms with Crippen LogP contribution in [0.2, 0.25) is 0 Å². The van der Waals surface area contributed by atoms with E-state index in [1.165, 1.54) is 0 Å². The highest BCUT2D eigenvalue weighted by Gasteiger charge is 2.16. The summed E-state index contributed by atoms with van der Waals surface area (Å²) in [5.74, 6) is 0.930. The molecule has 1 aliphatic heterocycles. The van der Waals surface area contributed by atoms with Crippen molar-refractivity contribution in [2.24, 2.45) is 7.05 Å². The van der Waals surface area contributed by atoms with Crippen molar-refractivity contribution in [3.63, 3.8) is 0 Å². The van der Waals surface area contributed by atoms with Crippen LogP contribution >= 0.6 is 0 Å². The number of nitrogens with zero attached hydrogens (tertiary/aromatic N) is 2. The third-order valence-electron chi connectivity index (χ3n) is 2.55. The maximum absolute atomic E-state index is 5.88. The molecule has 1 aliphatic rings. The van der Waals surface area contributed by atoms with Crippen molar-refractivity contribution >= 4 is 0 Å². The zero-order chi connectivity index (χ0) is 9.97. The van der Waals surface area contributed by atoms with Crippen LogP contribution in [-0.4, -0.2) is 29.0 Å². The van der Waals surface area contributed by atoms with Crippen LogP contribution < -0.4 is 10.1 Å². The van der Waals surface area contributed by atoms with Crippen molar-refractivity contribution in [1.82, 2.24) is 15.1 Å². The molecular weight excluding hydrogens is 178 g/mol. The van der Waals surface area contributed by atoms with Gasteiger partial charge in [0.1, 0.15) is 11.8 Å². The first-order valence-electron chi connectivity index (χ1n) is 5.13. The van der Waals surface area contributed by atoms with E-state index in [0.29, 0.717) is 6.10 Å². The fourth-order valence-electron chi connectivity index (χ4n) is 1.79. The van der Waals surface area contributed by atoms with Crippen molar-refractivity contribution in [2.45, 2.75) is 25.9 Å². The van der Waals surface area contributed by atoms with Crippen LogP contribution in [0.25, 0.3) is 0 Å². The standard InChI is InChI=1S/C10H17N3O/c1-8-10(7-13(2)12-8)14-9-3-5-11-6-4-9/h7,9,11H,3-6H2,1-2H3. The van der Waals surface area contributed by atoms with Gasteiger partial charge in [0.05, 0.1) is 6.20 Å². The highest BCUT2D eigenvalue weighted by Crippen LogP contribution is 2.19. The van der Waals surface area contributed by atoms with Gasteiger partial charge in [-0.05, 0) is 32.9 Å². The van der Waals surface area contributed by atoms with E-state index in [4.69, 9.17) is 4.74 Å². The molecule has 0 saturated carbocycles. The molecule has 4 heteroatoms. The highest BCUT2D eigenvalue weighted by atomic mass is 16.5. The van der Waals surface area contributed by atoms with E-state index >= 15 is 0 Å². The number of aryl methyl sites for hydroxylation is 2. The molecule has 0 radical (unpaired) electrons. The van der Waals surface area contributed by atoms with Crippen LogP contribution in [0.15, 0.2) is 6.20 Å². The van der Waals surface area contributed by atoms with E-state index in [1.807, 2.05) is 20.2 Å². The molecule has 0 aliphatic carbocycles. The Labute approximate surface area is 84.3 Å². The Kier molecular flexibility index (Phi) is 2.72. The maximum atomic E-state index is 5.88. The molecule has 2 heterocycles. The lowest BCUT2D eigenvalue weighted by Gasteiger charge is -2.23. The largest absolute Gasteiger partial charge is 0.487 e. The average Bonchev–Trinajstić information content (AvgIpc) is 2.47. The third kappa shape index (κ3) is 2.07. The minimum absolute atomic E-state index is 0.360. The lowest BCUT2D eigenvalue weighted by molar-refractivity contribution is 0.161. The Morgan fingerprint density at radius 2 is 2.21 bits per heavy atom. The lowest BCUT2D eigenvalue weighted by atomic mass is 10.1. The second-order valence-corrected chi connectivity index (χ2v) is 3.82. The van der Waals surface area contributed by atoms with E-state index in [0.717, 1.165) is 37.4 Å². The molecule has 0 bridgehead atoms. The molecule has 14 heavy (non-hydrogen) atoms. The number of hydrogen-bond acceptors (Lipinski definition) is 3. The second-order valence-electron chi connectivity index (χ2n) is 3.82. The molecule has 1 aromatic heterocycles. The molecule has 78 valence electrons. The quantitative estimate of drug-likeness (QED) is 0.760. The topological polar surface area (TPSA) is 39.1 Å². The van der Waals surface area contributed by atoms with E-state index in [1.54, 1.807) is 4.68 Å². The smallest absolute Gasteiger partial charge is 0.160 e. The summed E-state index contributed by atoms with van der Waals surface area (Å²) >= 11 is 0. The van der Waals surface area contributed by atoms with Crippen LogP contribution in [0, 0.1) is 6.92 Å². The van der Waals surface area contributed by atoms with Crippen LogP contribution in [0.3, 0.4) is 0 Å². The Hall–Kier alpha value is -1.03. The minimum atomic E-state index is 0.360. The van der Waals surface area contributed by atoms with Gasteiger partial charge < -0.3 is 10.1 Å². The molecule has 0 aromatic carbocycles. The predicted molar refractivity (Wildman–Crippen MR) is 54.5 cm³/mol. The van der Waals surface area contributed by atoms with Gasteiger partial charge in [0.15, 0.2) is 5.75 Å². The second kappa shape index (κ2) is 4.00. The number of nitrogens with one attached hydrogen (secondary N) is 1.